The van der Waals surface area contributed by atoms with Crippen LogP contribution in [0.15, 0.2) is 0 Å². The van der Waals surface area contributed by atoms with Crippen LogP contribution in [0.1, 0.15) is 0 Å². The minimum absolute atomic E-state index is 0.862. The molecule has 1 unspecified atom stereocenters. The van der Waals surface area contributed by atoms with Crippen molar-refractivity contribution < 1.29 is 28.9 Å². The molecule has 0 spiro atoms. The summed E-state index contributed by atoms with van der Waals surface area (Å²) in [5.41, 5.74) is -3.12. The summed E-state index contributed by atoms with van der Waals surface area (Å²) in [5, 5.41) is 17.1. The van der Waals surface area contributed by atoms with E-state index in [1.54, 1.807) is 0 Å². The number of aliphatic hydroxyl groups is 2. The van der Waals surface area contributed by atoms with E-state index in [1.165, 1.54) is 0 Å². The van der Waals surface area contributed by atoms with Crippen LogP contribution in [0, 0.1) is 0 Å². The van der Waals surface area contributed by atoms with Crippen molar-refractivity contribution in [3.63, 3.8) is 0 Å². The van der Waals surface area contributed by atoms with E-state index < -0.39 is 13.3 Å². The third-order valence-electron chi connectivity index (χ3n) is 0.889. The highest BCUT2D eigenvalue weighted by Gasteiger charge is 2.46. The first-order chi connectivity index (χ1) is 4.37. The number of rotatable bonds is 3. The zero-order valence-electron chi connectivity index (χ0n) is 5.51. The van der Waals surface area contributed by atoms with Crippen LogP contribution >= 0.6 is 7.60 Å². The van der Waals surface area contributed by atoms with Gasteiger partial charge in [-0.3, -0.25) is 4.57 Å². The van der Waals surface area contributed by atoms with E-state index in [0.29, 0.717) is 0 Å². The Balaban J connectivity index is 4.45. The molecular weight excluding hydrogens is 163 g/mol. The normalized spacial score (nSPS) is 18.5. The third kappa shape index (κ3) is 1.76. The van der Waals surface area contributed by atoms with E-state index in [1.807, 2.05) is 0 Å². The fraction of sp³-hybridized carbons (Fsp3) is 1.00. The monoisotopic (exact) mass is 172 g/mol. The van der Waals surface area contributed by atoms with E-state index in [0.717, 1.165) is 14.2 Å². The van der Waals surface area contributed by atoms with E-state index in [9.17, 15) is 4.57 Å². The largest absolute Gasteiger partial charge is 0.416 e. The molecule has 0 rings (SSSR count). The maximum Gasteiger partial charge on any atom is 0.416 e. The second-order valence-corrected chi connectivity index (χ2v) is 3.47. The van der Waals surface area contributed by atoms with Crippen LogP contribution in [0.25, 0.3) is 0 Å². The maximum absolute atomic E-state index is 10.5. The molecule has 0 fully saturated rings. The Morgan fingerprint density at radius 3 is 1.90 bits per heavy atom. The molecule has 7 heteroatoms. The topological polar surface area (TPSA) is 96.2 Å². The predicted octanol–water partition coefficient (Wildman–Crippen LogP) is -0.940. The molecule has 0 amide bonds. The summed E-state index contributed by atoms with van der Waals surface area (Å²) in [4.78, 5) is 8.56. The average Bonchev–Trinajstić information content (AvgIpc) is 1.88. The molecule has 6 nitrogen and oxygen atoms in total. The van der Waals surface area contributed by atoms with Crippen LogP contribution in [-0.4, -0.2) is 35.0 Å². The maximum atomic E-state index is 10.5. The average molecular weight is 172 g/mol. The Bertz CT molecular complexity index is 153. The molecule has 10 heavy (non-hydrogen) atoms. The van der Waals surface area contributed by atoms with Gasteiger partial charge in [0.2, 0.25) is 0 Å². The lowest BCUT2D eigenvalue weighted by atomic mass is 11.2. The van der Waals surface area contributed by atoms with Gasteiger partial charge in [0.05, 0.1) is 0 Å². The molecule has 62 valence electrons. The quantitative estimate of drug-likeness (QED) is 0.375. The van der Waals surface area contributed by atoms with Crippen molar-refractivity contribution in [1.82, 2.24) is 0 Å². The van der Waals surface area contributed by atoms with Crippen molar-refractivity contribution in [3.8, 4) is 0 Å². The zero-order valence-corrected chi connectivity index (χ0v) is 6.41. The molecule has 1 atom stereocenters. The second-order valence-electron chi connectivity index (χ2n) is 1.48. The van der Waals surface area contributed by atoms with Gasteiger partial charge < -0.3 is 24.4 Å². The van der Waals surface area contributed by atoms with Gasteiger partial charge in [0.25, 0.3) is 0 Å². The summed E-state index contributed by atoms with van der Waals surface area (Å²) in [6, 6.07) is 0. The molecule has 0 saturated heterocycles. The fourth-order valence-electron chi connectivity index (χ4n) is 0.234. The summed E-state index contributed by atoms with van der Waals surface area (Å²) in [6.45, 7) is 0. The van der Waals surface area contributed by atoms with Crippen LogP contribution in [0.5, 0.6) is 0 Å². The highest BCUT2D eigenvalue weighted by Crippen LogP contribution is 2.51. The Morgan fingerprint density at radius 1 is 1.40 bits per heavy atom. The number of ether oxygens (including phenoxy) is 1. The SMILES string of the molecule is COC(O)(O)P(=O)(O)OC. The zero-order chi connectivity index (χ0) is 8.41. The van der Waals surface area contributed by atoms with Crippen LogP contribution in [0.2, 0.25) is 0 Å². The molecule has 0 aromatic rings. The molecule has 0 aromatic carbocycles. The van der Waals surface area contributed by atoms with Gasteiger partial charge in [0.1, 0.15) is 0 Å². The first-order valence-corrected chi connectivity index (χ1v) is 3.83. The van der Waals surface area contributed by atoms with Crippen molar-refractivity contribution >= 4 is 7.60 Å². The second kappa shape index (κ2) is 2.96. The third-order valence-corrected chi connectivity index (χ3v) is 2.30. The van der Waals surface area contributed by atoms with Gasteiger partial charge in [-0.05, 0) is 0 Å². The van der Waals surface area contributed by atoms with E-state index in [2.05, 4.69) is 9.26 Å². The lowest BCUT2D eigenvalue weighted by Crippen LogP contribution is -2.30. The first-order valence-electron chi connectivity index (χ1n) is 2.26. The summed E-state index contributed by atoms with van der Waals surface area (Å²) in [7, 11) is -2.76. The molecule has 0 aromatic heterocycles. The van der Waals surface area contributed by atoms with Crippen molar-refractivity contribution in [1.29, 1.82) is 0 Å². The van der Waals surface area contributed by atoms with E-state index in [4.69, 9.17) is 15.1 Å². The van der Waals surface area contributed by atoms with Crippen molar-refractivity contribution in [3.05, 3.63) is 0 Å². The minimum atomic E-state index is -4.49. The lowest BCUT2D eigenvalue weighted by molar-refractivity contribution is -0.272. The van der Waals surface area contributed by atoms with Crippen molar-refractivity contribution in [2.45, 2.75) is 5.71 Å². The smallest absolute Gasteiger partial charge is 0.334 e. The lowest BCUT2D eigenvalue weighted by Gasteiger charge is -2.22. The van der Waals surface area contributed by atoms with Gasteiger partial charge in [-0.2, -0.15) is 0 Å². The molecular formula is C3H9O6P. The highest BCUT2D eigenvalue weighted by atomic mass is 31.2. The standard InChI is InChI=1S/C3H9O6P/c1-8-3(4,5)10(6,7)9-2/h4-5H,1-2H3,(H,6,7). The molecule has 3 N–H and O–H groups in total. The number of methoxy groups -OCH3 is 1. The van der Waals surface area contributed by atoms with Crippen LogP contribution in [0.4, 0.5) is 0 Å². The van der Waals surface area contributed by atoms with Crippen molar-refractivity contribution in [2.75, 3.05) is 14.2 Å². The summed E-state index contributed by atoms with van der Waals surface area (Å²) in [6.07, 6.45) is 0. The fourth-order valence-corrected chi connectivity index (χ4v) is 0.703. The minimum Gasteiger partial charge on any atom is -0.334 e. The first kappa shape index (κ1) is 10.0. The molecule has 0 aliphatic carbocycles. The van der Waals surface area contributed by atoms with Gasteiger partial charge in [0.15, 0.2) is 0 Å². The Kier molecular flexibility index (Phi) is 2.97. The molecule has 0 saturated carbocycles. The highest BCUT2D eigenvalue weighted by molar-refractivity contribution is 7.53. The van der Waals surface area contributed by atoms with Gasteiger partial charge in [-0.1, -0.05) is 0 Å². The van der Waals surface area contributed by atoms with Crippen molar-refractivity contribution in [2.24, 2.45) is 0 Å². The predicted molar refractivity (Wildman–Crippen MR) is 31.0 cm³/mol. The van der Waals surface area contributed by atoms with Crippen LogP contribution in [0.3, 0.4) is 0 Å². The Labute approximate surface area is 57.5 Å². The van der Waals surface area contributed by atoms with Crippen LogP contribution < -0.4 is 0 Å². The van der Waals surface area contributed by atoms with Gasteiger partial charge in [-0.25, -0.2) is 0 Å². The summed E-state index contributed by atoms with van der Waals surface area (Å²) >= 11 is 0. The number of hydrogen-bond donors (Lipinski definition) is 3. The molecule has 0 aliphatic heterocycles. The van der Waals surface area contributed by atoms with Gasteiger partial charge in [0, 0.05) is 14.2 Å². The Hall–Kier alpha value is 0.0300. The Morgan fingerprint density at radius 2 is 1.80 bits per heavy atom. The van der Waals surface area contributed by atoms with E-state index in [-0.39, 0.29) is 0 Å². The molecule has 0 bridgehead atoms. The molecule has 0 heterocycles. The number of hydrogen-bond acceptors (Lipinski definition) is 5. The van der Waals surface area contributed by atoms with Gasteiger partial charge >= 0.3 is 13.3 Å². The van der Waals surface area contributed by atoms with E-state index >= 15 is 0 Å². The summed E-state index contributed by atoms with van der Waals surface area (Å²) < 4.78 is 18.3. The van der Waals surface area contributed by atoms with Gasteiger partial charge in [-0.15, -0.1) is 0 Å². The molecule has 0 aliphatic rings. The van der Waals surface area contributed by atoms with Crippen LogP contribution in [-0.2, 0) is 13.8 Å². The summed E-state index contributed by atoms with van der Waals surface area (Å²) in [5.74, 6) is 0. The molecule has 0 radical (unpaired) electrons.